The molecule has 0 saturated heterocycles. The molecular weight excluding hydrogens is 596 g/mol. The number of aliphatic carboxylic acids is 1. The maximum atomic E-state index is 13.3. The molecule has 0 spiro atoms. The fourth-order valence-corrected chi connectivity index (χ4v) is 6.42. The van der Waals surface area contributed by atoms with Gasteiger partial charge in [0.1, 0.15) is 11.6 Å². The van der Waals surface area contributed by atoms with Gasteiger partial charge in [0, 0.05) is 35.6 Å². The summed E-state index contributed by atoms with van der Waals surface area (Å²) in [4.78, 5) is 24.9. The van der Waals surface area contributed by atoms with E-state index in [4.69, 9.17) is 27.6 Å². The van der Waals surface area contributed by atoms with Gasteiger partial charge in [-0.1, -0.05) is 47.3 Å². The van der Waals surface area contributed by atoms with Gasteiger partial charge in [0.05, 0.1) is 26.8 Å². The Labute approximate surface area is 240 Å². The zero-order valence-electron chi connectivity index (χ0n) is 21.1. The Hall–Kier alpha value is -3.54. The molecule has 0 aliphatic heterocycles. The molecule has 2 N–H and O–H groups in total. The van der Waals surface area contributed by atoms with Gasteiger partial charge in [-0.05, 0) is 53.7 Å². The number of carbonyl (C=O) groups is 2. The lowest BCUT2D eigenvalue weighted by atomic mass is 10.0. The molecule has 0 bridgehead atoms. The molecule has 0 aliphatic rings. The average molecular weight is 618 g/mol. The SMILES string of the molecule is CP(=O)(C#Cc1cc(Cl)c(C(=O)N[C@@H](Cc2cccc(S(C)(=O)=O)c2)C(=O)O)c(Cl)c1)c1ccc2ccoc2c1. The van der Waals surface area contributed by atoms with Crippen molar-refractivity contribution in [3.8, 4) is 11.6 Å². The van der Waals surface area contributed by atoms with Crippen LogP contribution in [0, 0.1) is 11.6 Å². The van der Waals surface area contributed by atoms with Crippen molar-refractivity contribution in [1.29, 1.82) is 0 Å². The summed E-state index contributed by atoms with van der Waals surface area (Å²) in [6.07, 6.45) is 2.40. The fraction of sp³-hybridized carbons (Fsp3) is 0.143. The Morgan fingerprint density at radius 2 is 1.77 bits per heavy atom. The number of fused-ring (bicyclic) bond motifs is 1. The van der Waals surface area contributed by atoms with E-state index in [9.17, 15) is 27.7 Å². The minimum absolute atomic E-state index is 0.0291. The van der Waals surface area contributed by atoms with Crippen LogP contribution in [-0.2, 0) is 25.6 Å². The van der Waals surface area contributed by atoms with Gasteiger partial charge in [0.25, 0.3) is 5.91 Å². The smallest absolute Gasteiger partial charge is 0.326 e. The van der Waals surface area contributed by atoms with E-state index >= 15 is 0 Å². The first-order valence-electron chi connectivity index (χ1n) is 11.6. The van der Waals surface area contributed by atoms with Crippen molar-refractivity contribution in [3.63, 3.8) is 0 Å². The molecule has 12 heteroatoms. The maximum Gasteiger partial charge on any atom is 0.326 e. The van der Waals surface area contributed by atoms with Gasteiger partial charge in [-0.3, -0.25) is 4.79 Å². The Kier molecular flexibility index (Phi) is 8.48. The number of nitrogens with one attached hydrogen (secondary N) is 1. The van der Waals surface area contributed by atoms with Crippen molar-refractivity contribution in [2.45, 2.75) is 17.4 Å². The van der Waals surface area contributed by atoms with Crippen molar-refractivity contribution < 1.29 is 32.1 Å². The summed E-state index contributed by atoms with van der Waals surface area (Å²) >= 11 is 12.7. The van der Waals surface area contributed by atoms with E-state index in [1.54, 1.807) is 30.3 Å². The fourth-order valence-electron chi connectivity index (χ4n) is 3.88. The topological polar surface area (TPSA) is 131 Å². The number of halogens is 2. The second kappa shape index (κ2) is 11.5. The zero-order chi connectivity index (χ0) is 29.2. The minimum Gasteiger partial charge on any atom is -0.480 e. The van der Waals surface area contributed by atoms with E-state index in [0.717, 1.165) is 11.6 Å². The van der Waals surface area contributed by atoms with E-state index in [1.807, 2.05) is 0 Å². The van der Waals surface area contributed by atoms with Crippen LogP contribution < -0.4 is 10.6 Å². The Balaban J connectivity index is 1.55. The molecule has 40 heavy (non-hydrogen) atoms. The largest absolute Gasteiger partial charge is 0.480 e. The third-order valence-corrected chi connectivity index (χ3v) is 9.49. The van der Waals surface area contributed by atoms with Gasteiger partial charge >= 0.3 is 5.97 Å². The van der Waals surface area contributed by atoms with Gasteiger partial charge in [0.15, 0.2) is 17.0 Å². The number of sulfone groups is 1. The first kappa shape index (κ1) is 29.4. The van der Waals surface area contributed by atoms with Crippen molar-refractivity contribution in [3.05, 3.63) is 93.7 Å². The molecule has 4 aromatic rings. The van der Waals surface area contributed by atoms with Crippen molar-refractivity contribution in [1.82, 2.24) is 5.32 Å². The van der Waals surface area contributed by atoms with Crippen LogP contribution in [0.2, 0.25) is 10.0 Å². The third kappa shape index (κ3) is 6.78. The lowest BCUT2D eigenvalue weighted by molar-refractivity contribution is -0.139. The van der Waals surface area contributed by atoms with E-state index < -0.39 is 34.9 Å². The first-order chi connectivity index (χ1) is 18.7. The Morgan fingerprint density at radius 1 is 1.07 bits per heavy atom. The number of carboxylic acids is 1. The number of amides is 1. The number of carbonyl (C=O) groups excluding carboxylic acids is 1. The third-order valence-electron chi connectivity index (χ3n) is 5.99. The number of furan rings is 1. The van der Waals surface area contributed by atoms with E-state index in [-0.39, 0.29) is 26.9 Å². The van der Waals surface area contributed by atoms with Crippen LogP contribution in [0.5, 0.6) is 0 Å². The molecule has 0 fully saturated rings. The number of carboxylic acid groups (broad SMARTS) is 1. The van der Waals surface area contributed by atoms with E-state index in [1.165, 1.54) is 43.3 Å². The summed E-state index contributed by atoms with van der Waals surface area (Å²) in [7, 11) is -6.62. The van der Waals surface area contributed by atoms with Crippen LogP contribution in [0.15, 0.2) is 76.2 Å². The zero-order valence-corrected chi connectivity index (χ0v) is 24.4. The monoisotopic (exact) mass is 617 g/mol. The normalized spacial score (nSPS) is 13.6. The molecule has 206 valence electrons. The summed E-state index contributed by atoms with van der Waals surface area (Å²) in [6, 6.07) is 14.1. The highest BCUT2D eigenvalue weighted by molar-refractivity contribution is 7.90. The number of hydrogen-bond donors (Lipinski definition) is 2. The predicted octanol–water partition coefficient (Wildman–Crippen LogP) is 5.20. The van der Waals surface area contributed by atoms with Crippen LogP contribution in [-0.4, -0.2) is 44.4 Å². The average Bonchev–Trinajstić information content (AvgIpc) is 3.34. The second-order valence-corrected chi connectivity index (χ2v) is 14.5. The maximum absolute atomic E-state index is 13.3. The minimum atomic E-state index is -3.50. The highest BCUT2D eigenvalue weighted by atomic mass is 35.5. The van der Waals surface area contributed by atoms with Crippen LogP contribution in [0.3, 0.4) is 0 Å². The van der Waals surface area contributed by atoms with Crippen molar-refractivity contribution in [2.24, 2.45) is 0 Å². The van der Waals surface area contributed by atoms with Crippen LogP contribution in [0.25, 0.3) is 11.0 Å². The lowest BCUT2D eigenvalue weighted by Crippen LogP contribution is -2.42. The summed E-state index contributed by atoms with van der Waals surface area (Å²) < 4.78 is 42.3. The molecule has 3 aromatic carbocycles. The molecule has 1 aromatic heterocycles. The van der Waals surface area contributed by atoms with Crippen LogP contribution in [0.4, 0.5) is 0 Å². The standard InChI is InChI=1S/C28H22Cl2NO7PS/c1-39(35,20-7-6-19-8-10-38-25(19)16-20)11-9-18-13-22(29)26(23(30)14-18)27(32)31-24(28(33)34)15-17-4-3-5-21(12-17)40(2,36)37/h3-8,10,12-14,16,24H,15H2,1-2H3,(H,31,32)(H,33,34)/t24-,39?/m0/s1. The Morgan fingerprint density at radius 3 is 2.42 bits per heavy atom. The molecule has 2 atom stereocenters. The van der Waals surface area contributed by atoms with Gasteiger partial charge in [-0.2, -0.15) is 0 Å². The second-order valence-electron chi connectivity index (χ2n) is 9.11. The van der Waals surface area contributed by atoms with Crippen molar-refractivity contribution in [2.75, 3.05) is 12.9 Å². The summed E-state index contributed by atoms with van der Waals surface area (Å²) in [5.41, 5.74) is 3.90. The van der Waals surface area contributed by atoms with Crippen LogP contribution >= 0.6 is 30.3 Å². The lowest BCUT2D eigenvalue weighted by Gasteiger charge is -2.16. The van der Waals surface area contributed by atoms with Gasteiger partial charge in [-0.15, -0.1) is 0 Å². The van der Waals surface area contributed by atoms with Gasteiger partial charge < -0.3 is 19.4 Å². The molecule has 0 radical (unpaired) electrons. The molecule has 1 amide bonds. The number of benzene rings is 3. The van der Waals surface area contributed by atoms with Gasteiger partial charge in [0.2, 0.25) is 0 Å². The van der Waals surface area contributed by atoms with Crippen molar-refractivity contribution >= 4 is 68.3 Å². The van der Waals surface area contributed by atoms with Crippen LogP contribution in [0.1, 0.15) is 21.5 Å². The molecule has 0 saturated carbocycles. The molecule has 8 nitrogen and oxygen atoms in total. The van der Waals surface area contributed by atoms with Gasteiger partial charge in [-0.25, -0.2) is 13.2 Å². The predicted molar refractivity (Wildman–Crippen MR) is 155 cm³/mol. The molecule has 1 unspecified atom stereocenters. The summed E-state index contributed by atoms with van der Waals surface area (Å²) in [5.74, 6) is 0.622. The Bertz CT molecular complexity index is 1850. The molecular formula is C28H22Cl2NO7PS. The first-order valence-corrected chi connectivity index (χ1v) is 16.4. The number of rotatable bonds is 7. The van der Waals surface area contributed by atoms with E-state index in [0.29, 0.717) is 22.0 Å². The molecule has 1 heterocycles. The number of hydrogen-bond acceptors (Lipinski definition) is 6. The van der Waals surface area contributed by atoms with E-state index in [2.05, 4.69) is 16.9 Å². The summed E-state index contributed by atoms with van der Waals surface area (Å²) in [6.45, 7) is 1.52. The molecule has 0 aliphatic carbocycles. The summed E-state index contributed by atoms with van der Waals surface area (Å²) in [5, 5.41) is 13.3. The highest BCUT2D eigenvalue weighted by Crippen LogP contribution is 2.39. The molecule has 4 rings (SSSR count). The quantitative estimate of drug-likeness (QED) is 0.215. The highest BCUT2D eigenvalue weighted by Gasteiger charge is 2.25.